The molecule has 5 rings (SSSR count). The summed E-state index contributed by atoms with van der Waals surface area (Å²) in [5.41, 5.74) is 6.28. The van der Waals surface area contributed by atoms with E-state index in [1.165, 1.54) is 23.9 Å². The van der Waals surface area contributed by atoms with Crippen molar-refractivity contribution in [2.24, 2.45) is 4.99 Å². The summed E-state index contributed by atoms with van der Waals surface area (Å²) in [7, 11) is -3.94. The second-order valence-corrected chi connectivity index (χ2v) is 12.2. The number of rotatable bonds is 7. The summed E-state index contributed by atoms with van der Waals surface area (Å²) >= 11 is 1.28. The van der Waals surface area contributed by atoms with Crippen LogP contribution in [0.5, 0.6) is 0 Å². The van der Waals surface area contributed by atoms with Crippen molar-refractivity contribution < 1.29 is 18.0 Å². The van der Waals surface area contributed by atoms with Gasteiger partial charge in [-0.05, 0) is 77.7 Å². The first-order valence-electron chi connectivity index (χ1n) is 12.8. The largest absolute Gasteiger partial charge is 0.334 e. The number of amidine groups is 1. The normalized spacial score (nSPS) is 14.4. The number of allylic oxidation sites excluding steroid dienone is 1. The maximum Gasteiger partial charge on any atom is 0.286 e. The van der Waals surface area contributed by atoms with E-state index in [1.54, 1.807) is 36.4 Å². The van der Waals surface area contributed by atoms with Gasteiger partial charge in [0.15, 0.2) is 5.17 Å². The van der Waals surface area contributed by atoms with E-state index in [1.807, 2.05) is 56.3 Å². The number of anilines is 1. The highest BCUT2D eigenvalue weighted by molar-refractivity contribution is 8.18. The van der Waals surface area contributed by atoms with Crippen LogP contribution in [-0.2, 0) is 26.0 Å². The number of sulfonamides is 1. The molecule has 0 saturated carbocycles. The first kappa shape index (κ1) is 28.1. The SMILES string of the molecule is CC(=C1SC(Nc2ccc(CC(=O)NS(=O)(=O)c3ccc(C)cc3)cc2)=NC1=O)c1ccc(-c2ccccc2)cc1. The van der Waals surface area contributed by atoms with Crippen molar-refractivity contribution in [3.8, 4) is 11.1 Å². The fourth-order valence-corrected chi connectivity index (χ4v) is 6.13. The van der Waals surface area contributed by atoms with Gasteiger partial charge in [0.2, 0.25) is 5.91 Å². The molecule has 9 heteroatoms. The molecule has 0 spiro atoms. The first-order chi connectivity index (χ1) is 19.7. The van der Waals surface area contributed by atoms with Crippen LogP contribution in [0.3, 0.4) is 0 Å². The fraction of sp³-hybridized carbons (Fsp3) is 0.0938. The predicted molar refractivity (Wildman–Crippen MR) is 165 cm³/mol. The predicted octanol–water partition coefficient (Wildman–Crippen LogP) is 6.18. The van der Waals surface area contributed by atoms with Crippen molar-refractivity contribution in [2.75, 3.05) is 5.32 Å². The number of carbonyl (C=O) groups excluding carboxylic acids is 2. The molecule has 0 saturated heterocycles. The van der Waals surface area contributed by atoms with Crippen LogP contribution in [0.4, 0.5) is 5.69 Å². The number of aliphatic imine (C=N–C) groups is 1. The quantitative estimate of drug-likeness (QED) is 0.253. The molecule has 1 heterocycles. The number of carbonyl (C=O) groups is 2. The Morgan fingerprint density at radius 2 is 1.46 bits per heavy atom. The molecule has 4 aromatic carbocycles. The van der Waals surface area contributed by atoms with E-state index in [9.17, 15) is 18.0 Å². The number of benzene rings is 4. The van der Waals surface area contributed by atoms with Crippen molar-refractivity contribution >= 4 is 50.0 Å². The maximum atomic E-state index is 12.7. The topological polar surface area (TPSA) is 105 Å². The smallest absolute Gasteiger partial charge is 0.286 e. The van der Waals surface area contributed by atoms with Crippen molar-refractivity contribution in [3.63, 3.8) is 0 Å². The molecule has 1 aliphatic heterocycles. The van der Waals surface area contributed by atoms with E-state index in [2.05, 4.69) is 27.2 Å². The summed E-state index contributed by atoms with van der Waals surface area (Å²) in [6.07, 6.45) is -0.102. The van der Waals surface area contributed by atoms with Gasteiger partial charge >= 0.3 is 0 Å². The van der Waals surface area contributed by atoms with Gasteiger partial charge in [0, 0.05) is 5.69 Å². The van der Waals surface area contributed by atoms with E-state index >= 15 is 0 Å². The molecule has 0 unspecified atom stereocenters. The highest BCUT2D eigenvalue weighted by Gasteiger charge is 2.25. The number of amides is 2. The number of nitrogens with zero attached hydrogens (tertiary/aromatic N) is 1. The minimum absolute atomic E-state index is 0.0354. The van der Waals surface area contributed by atoms with Crippen LogP contribution < -0.4 is 10.0 Å². The lowest BCUT2D eigenvalue weighted by Gasteiger charge is -2.09. The molecule has 0 bridgehead atoms. The lowest BCUT2D eigenvalue weighted by molar-refractivity contribution is -0.118. The highest BCUT2D eigenvalue weighted by atomic mass is 32.2. The van der Waals surface area contributed by atoms with Crippen molar-refractivity contribution in [1.82, 2.24) is 4.72 Å². The van der Waals surface area contributed by atoms with Crippen LogP contribution in [0, 0.1) is 6.92 Å². The minimum atomic E-state index is -3.94. The highest BCUT2D eigenvalue weighted by Crippen LogP contribution is 2.34. The Morgan fingerprint density at radius 3 is 2.12 bits per heavy atom. The molecule has 1 aliphatic rings. The van der Waals surface area contributed by atoms with E-state index < -0.39 is 15.9 Å². The Kier molecular flexibility index (Phi) is 8.19. The standard InChI is InChI=1S/C32H27N3O4S2/c1-21-8-18-28(19-9-21)41(38,39)35-29(36)20-23-10-16-27(17-11-23)33-32-34-31(37)30(40-32)22(2)24-12-14-26(15-13-24)25-6-4-3-5-7-25/h3-19H,20H2,1-2H3,(H,35,36)(H,33,34,37). The van der Waals surface area contributed by atoms with Gasteiger partial charge in [-0.25, -0.2) is 13.1 Å². The lowest BCUT2D eigenvalue weighted by Crippen LogP contribution is -2.31. The van der Waals surface area contributed by atoms with Crippen molar-refractivity contribution in [2.45, 2.75) is 25.2 Å². The lowest BCUT2D eigenvalue weighted by atomic mass is 10.0. The third kappa shape index (κ3) is 6.82. The zero-order chi connectivity index (χ0) is 29.0. The second kappa shape index (κ2) is 12.0. The summed E-state index contributed by atoms with van der Waals surface area (Å²) in [5, 5.41) is 3.60. The number of nitrogens with one attached hydrogen (secondary N) is 2. The Morgan fingerprint density at radius 1 is 0.829 bits per heavy atom. The van der Waals surface area contributed by atoms with Crippen molar-refractivity contribution in [1.29, 1.82) is 0 Å². The molecular formula is C32H27N3O4S2. The van der Waals surface area contributed by atoms with Gasteiger partial charge in [-0.15, -0.1) is 0 Å². The molecule has 0 aliphatic carbocycles. The molecular weight excluding hydrogens is 555 g/mol. The van der Waals surface area contributed by atoms with E-state index in [0.29, 0.717) is 21.3 Å². The van der Waals surface area contributed by atoms with Gasteiger partial charge < -0.3 is 5.32 Å². The number of aryl methyl sites for hydroxylation is 1. The summed E-state index contributed by atoms with van der Waals surface area (Å²) in [4.78, 5) is 29.8. The molecule has 7 nitrogen and oxygen atoms in total. The van der Waals surface area contributed by atoms with Gasteiger partial charge in [-0.3, -0.25) is 9.59 Å². The van der Waals surface area contributed by atoms with Crippen LogP contribution in [0.25, 0.3) is 16.7 Å². The fourth-order valence-electron chi connectivity index (χ4n) is 4.25. The van der Waals surface area contributed by atoms with Gasteiger partial charge in [0.25, 0.3) is 15.9 Å². The van der Waals surface area contributed by atoms with Gasteiger partial charge in [0.05, 0.1) is 16.2 Å². The van der Waals surface area contributed by atoms with Crippen LogP contribution in [0.1, 0.15) is 23.6 Å². The van der Waals surface area contributed by atoms with E-state index in [-0.39, 0.29) is 17.2 Å². The molecule has 0 aromatic heterocycles. The Bertz CT molecular complexity index is 1760. The van der Waals surface area contributed by atoms with Crippen LogP contribution in [0.2, 0.25) is 0 Å². The summed E-state index contributed by atoms with van der Waals surface area (Å²) in [6, 6.07) is 31.4. The molecule has 2 amide bonds. The van der Waals surface area contributed by atoms with E-state index in [0.717, 1.165) is 27.8 Å². The average Bonchev–Trinajstić information content (AvgIpc) is 3.33. The van der Waals surface area contributed by atoms with Crippen LogP contribution in [0.15, 0.2) is 118 Å². The minimum Gasteiger partial charge on any atom is -0.334 e. The summed E-state index contributed by atoms with van der Waals surface area (Å²) < 4.78 is 27.0. The molecule has 0 atom stereocenters. The average molecular weight is 582 g/mol. The van der Waals surface area contributed by atoms with Gasteiger partial charge in [-0.1, -0.05) is 84.4 Å². The van der Waals surface area contributed by atoms with Crippen molar-refractivity contribution in [3.05, 3.63) is 125 Å². The van der Waals surface area contributed by atoms with E-state index in [4.69, 9.17) is 0 Å². The number of hydrogen-bond donors (Lipinski definition) is 2. The Balaban J connectivity index is 1.19. The molecule has 206 valence electrons. The third-order valence-electron chi connectivity index (χ3n) is 6.51. The molecule has 4 aromatic rings. The second-order valence-electron chi connectivity index (χ2n) is 9.56. The zero-order valence-electron chi connectivity index (χ0n) is 22.4. The molecule has 0 radical (unpaired) electrons. The monoisotopic (exact) mass is 581 g/mol. The Labute approximate surface area is 243 Å². The third-order valence-corrected chi connectivity index (χ3v) is 8.97. The van der Waals surface area contributed by atoms with Crippen LogP contribution in [-0.4, -0.2) is 25.4 Å². The van der Waals surface area contributed by atoms with Crippen LogP contribution >= 0.6 is 11.8 Å². The summed E-state index contributed by atoms with van der Waals surface area (Å²) in [6.45, 7) is 3.77. The van der Waals surface area contributed by atoms with Gasteiger partial charge in [0.1, 0.15) is 0 Å². The Hall–Kier alpha value is -4.47. The molecule has 0 fully saturated rings. The maximum absolute atomic E-state index is 12.7. The molecule has 2 N–H and O–H groups in total. The summed E-state index contributed by atoms with van der Waals surface area (Å²) in [5.74, 6) is -0.931. The van der Waals surface area contributed by atoms with Gasteiger partial charge in [-0.2, -0.15) is 4.99 Å². The molecule has 41 heavy (non-hydrogen) atoms. The number of thioether (sulfide) groups is 1. The first-order valence-corrected chi connectivity index (χ1v) is 15.1. The number of hydrogen-bond acceptors (Lipinski definition) is 6. The zero-order valence-corrected chi connectivity index (χ0v) is 24.1.